The Morgan fingerprint density at radius 3 is 2.17 bits per heavy atom. The number of carbonyl (C=O) groups excluding carboxylic acids is 1. The molecule has 0 aliphatic carbocycles. The second-order valence-electron chi connectivity index (χ2n) is 4.59. The van der Waals surface area contributed by atoms with Crippen molar-refractivity contribution in [3.63, 3.8) is 0 Å². The number of rotatable bonds is 12. The monoisotopic (exact) mass is 258 g/mol. The zero-order valence-corrected chi connectivity index (χ0v) is 11.5. The number of carboxylic acid groups (broad SMARTS) is 1. The van der Waals surface area contributed by atoms with Gasteiger partial charge in [-0.05, 0) is 19.3 Å². The summed E-state index contributed by atoms with van der Waals surface area (Å²) in [5, 5.41) is 8.42. The van der Waals surface area contributed by atoms with Gasteiger partial charge >= 0.3 is 11.9 Å². The first-order valence-corrected chi connectivity index (χ1v) is 7.04. The first-order chi connectivity index (χ1) is 8.66. The van der Waals surface area contributed by atoms with Crippen LogP contribution in [-0.2, 0) is 14.3 Å². The molecule has 0 radical (unpaired) electrons. The van der Waals surface area contributed by atoms with Crippen LogP contribution in [-0.4, -0.2) is 23.7 Å². The highest BCUT2D eigenvalue weighted by molar-refractivity contribution is 5.69. The zero-order valence-electron chi connectivity index (χ0n) is 11.5. The van der Waals surface area contributed by atoms with Gasteiger partial charge in [-0.2, -0.15) is 0 Å². The summed E-state index contributed by atoms with van der Waals surface area (Å²) in [6, 6.07) is 0. The summed E-state index contributed by atoms with van der Waals surface area (Å²) in [4.78, 5) is 21.5. The fourth-order valence-corrected chi connectivity index (χ4v) is 1.69. The molecule has 0 bridgehead atoms. The Kier molecular flexibility index (Phi) is 11.7. The maximum atomic E-state index is 11.3. The van der Waals surface area contributed by atoms with Crippen LogP contribution in [0.5, 0.6) is 0 Å². The molecule has 0 aromatic rings. The van der Waals surface area contributed by atoms with E-state index < -0.39 is 5.97 Å². The molecule has 0 amide bonds. The lowest BCUT2D eigenvalue weighted by Gasteiger charge is -2.04. The molecule has 0 aliphatic heterocycles. The topological polar surface area (TPSA) is 63.6 Å². The molecule has 4 nitrogen and oxygen atoms in total. The number of esters is 1. The van der Waals surface area contributed by atoms with E-state index in [9.17, 15) is 9.59 Å². The Labute approximate surface area is 110 Å². The molecule has 1 N–H and O–H groups in total. The Balaban J connectivity index is 3.19. The first-order valence-electron chi connectivity index (χ1n) is 7.04. The molecule has 106 valence electrons. The molecule has 0 heterocycles. The summed E-state index contributed by atoms with van der Waals surface area (Å²) in [5.41, 5.74) is 0. The van der Waals surface area contributed by atoms with Crippen molar-refractivity contribution in [2.24, 2.45) is 0 Å². The van der Waals surface area contributed by atoms with Crippen LogP contribution in [0, 0.1) is 0 Å². The highest BCUT2D eigenvalue weighted by atomic mass is 16.5. The first kappa shape index (κ1) is 16.9. The van der Waals surface area contributed by atoms with Gasteiger partial charge in [0, 0.05) is 12.8 Å². The fourth-order valence-electron chi connectivity index (χ4n) is 1.69. The highest BCUT2D eigenvalue weighted by Crippen LogP contribution is 2.06. The van der Waals surface area contributed by atoms with E-state index in [2.05, 4.69) is 6.92 Å². The van der Waals surface area contributed by atoms with Gasteiger partial charge in [0.1, 0.15) is 0 Å². The van der Waals surface area contributed by atoms with E-state index in [0.717, 1.165) is 12.8 Å². The van der Waals surface area contributed by atoms with Crippen molar-refractivity contribution >= 4 is 11.9 Å². The summed E-state index contributed by atoms with van der Waals surface area (Å²) in [5.74, 6) is -1.01. The summed E-state index contributed by atoms with van der Waals surface area (Å²) >= 11 is 0. The van der Waals surface area contributed by atoms with Gasteiger partial charge in [-0.15, -0.1) is 0 Å². The number of carboxylic acids is 1. The van der Waals surface area contributed by atoms with Gasteiger partial charge < -0.3 is 9.84 Å². The van der Waals surface area contributed by atoms with Gasteiger partial charge in [0.2, 0.25) is 0 Å². The van der Waals surface area contributed by atoms with E-state index in [0.29, 0.717) is 25.9 Å². The van der Waals surface area contributed by atoms with Gasteiger partial charge in [-0.3, -0.25) is 9.59 Å². The highest BCUT2D eigenvalue weighted by Gasteiger charge is 2.03. The SMILES string of the molecule is CCCCCCCCOC(=O)CCCCC(=O)O. The van der Waals surface area contributed by atoms with Crippen molar-refractivity contribution in [3.05, 3.63) is 0 Å². The Bertz CT molecular complexity index is 226. The third-order valence-electron chi connectivity index (χ3n) is 2.78. The van der Waals surface area contributed by atoms with Gasteiger partial charge in [0.05, 0.1) is 6.61 Å². The summed E-state index contributed by atoms with van der Waals surface area (Å²) in [6.07, 6.45) is 8.66. The van der Waals surface area contributed by atoms with Crippen molar-refractivity contribution in [1.82, 2.24) is 0 Å². The quantitative estimate of drug-likeness (QED) is 0.429. The number of aliphatic carboxylic acids is 1. The standard InChI is InChI=1S/C14H26O4/c1-2-3-4-5-6-9-12-18-14(17)11-8-7-10-13(15)16/h2-12H2,1H3,(H,15,16). The molecule has 0 unspecified atom stereocenters. The molecule has 0 fully saturated rings. The third-order valence-corrected chi connectivity index (χ3v) is 2.78. The maximum Gasteiger partial charge on any atom is 0.305 e. The Morgan fingerprint density at radius 2 is 1.50 bits per heavy atom. The predicted octanol–water partition coefficient (Wildman–Crippen LogP) is 3.54. The van der Waals surface area contributed by atoms with Crippen molar-refractivity contribution in [3.8, 4) is 0 Å². The molecule has 18 heavy (non-hydrogen) atoms. The fraction of sp³-hybridized carbons (Fsp3) is 0.857. The van der Waals surface area contributed by atoms with Crippen molar-refractivity contribution in [2.45, 2.75) is 71.1 Å². The van der Waals surface area contributed by atoms with Crippen molar-refractivity contribution in [1.29, 1.82) is 0 Å². The van der Waals surface area contributed by atoms with Crippen LogP contribution >= 0.6 is 0 Å². The number of unbranched alkanes of at least 4 members (excludes halogenated alkanes) is 6. The maximum absolute atomic E-state index is 11.3. The van der Waals surface area contributed by atoms with E-state index in [-0.39, 0.29) is 12.4 Å². The molecular formula is C14H26O4. The predicted molar refractivity (Wildman–Crippen MR) is 70.4 cm³/mol. The molecule has 0 spiro atoms. The summed E-state index contributed by atoms with van der Waals surface area (Å²) in [6.45, 7) is 2.69. The largest absolute Gasteiger partial charge is 0.481 e. The zero-order chi connectivity index (χ0) is 13.6. The molecule has 0 aliphatic rings. The van der Waals surface area contributed by atoms with E-state index in [1.807, 2.05) is 0 Å². The molecule has 0 saturated carbocycles. The van der Waals surface area contributed by atoms with Crippen molar-refractivity contribution < 1.29 is 19.4 Å². The Hall–Kier alpha value is -1.06. The van der Waals surface area contributed by atoms with E-state index in [4.69, 9.17) is 9.84 Å². The molecule has 0 saturated heterocycles. The average Bonchev–Trinajstić information content (AvgIpc) is 2.33. The lowest BCUT2D eigenvalue weighted by atomic mass is 10.1. The van der Waals surface area contributed by atoms with Crippen LogP contribution in [0.1, 0.15) is 71.1 Å². The summed E-state index contributed by atoms with van der Waals surface area (Å²) in [7, 11) is 0. The number of ether oxygens (including phenoxy) is 1. The molecule has 0 rings (SSSR count). The normalized spacial score (nSPS) is 10.3. The van der Waals surface area contributed by atoms with Crippen LogP contribution in [0.3, 0.4) is 0 Å². The van der Waals surface area contributed by atoms with E-state index in [1.54, 1.807) is 0 Å². The van der Waals surface area contributed by atoms with Gasteiger partial charge in [-0.25, -0.2) is 0 Å². The number of carbonyl (C=O) groups is 2. The number of hydrogen-bond acceptors (Lipinski definition) is 3. The van der Waals surface area contributed by atoms with E-state index in [1.165, 1.54) is 25.7 Å². The lowest BCUT2D eigenvalue weighted by Crippen LogP contribution is -2.06. The molecule has 0 atom stereocenters. The third kappa shape index (κ3) is 13.0. The van der Waals surface area contributed by atoms with Crippen LogP contribution in [0.25, 0.3) is 0 Å². The van der Waals surface area contributed by atoms with Crippen LogP contribution in [0.15, 0.2) is 0 Å². The van der Waals surface area contributed by atoms with Crippen molar-refractivity contribution in [2.75, 3.05) is 6.61 Å². The van der Waals surface area contributed by atoms with Gasteiger partial charge in [0.15, 0.2) is 0 Å². The minimum absolute atomic E-state index is 0.130. The molecule has 0 aromatic carbocycles. The minimum atomic E-state index is -0.810. The van der Waals surface area contributed by atoms with E-state index >= 15 is 0 Å². The average molecular weight is 258 g/mol. The van der Waals surface area contributed by atoms with Crippen LogP contribution in [0.2, 0.25) is 0 Å². The smallest absolute Gasteiger partial charge is 0.305 e. The van der Waals surface area contributed by atoms with Gasteiger partial charge in [-0.1, -0.05) is 39.0 Å². The lowest BCUT2D eigenvalue weighted by molar-refractivity contribution is -0.144. The second kappa shape index (κ2) is 12.4. The molecule has 0 aromatic heterocycles. The summed E-state index contributed by atoms with van der Waals surface area (Å²) < 4.78 is 5.07. The Morgan fingerprint density at radius 1 is 0.889 bits per heavy atom. The number of hydrogen-bond donors (Lipinski definition) is 1. The van der Waals surface area contributed by atoms with Crippen LogP contribution in [0.4, 0.5) is 0 Å². The van der Waals surface area contributed by atoms with Crippen LogP contribution < -0.4 is 0 Å². The minimum Gasteiger partial charge on any atom is -0.481 e. The second-order valence-corrected chi connectivity index (χ2v) is 4.59. The molecule has 4 heteroatoms. The molecular weight excluding hydrogens is 232 g/mol. The van der Waals surface area contributed by atoms with Gasteiger partial charge in [0.25, 0.3) is 0 Å².